The molecule has 1 saturated heterocycles. The van der Waals surface area contributed by atoms with Gasteiger partial charge in [0.05, 0.1) is 12.2 Å². The summed E-state index contributed by atoms with van der Waals surface area (Å²) in [5, 5.41) is 9.81. The number of aryl methyl sites for hydroxylation is 2. The number of anilines is 1. The van der Waals surface area contributed by atoms with Crippen molar-refractivity contribution in [2.75, 3.05) is 4.90 Å². The second kappa shape index (κ2) is 5.81. The highest BCUT2D eigenvalue weighted by Gasteiger charge is 2.54. The Balaban J connectivity index is 1.62. The molecule has 2 aliphatic heterocycles. The number of para-hydroxylation sites is 1. The lowest BCUT2D eigenvalue weighted by atomic mass is 10.0. The summed E-state index contributed by atoms with van der Waals surface area (Å²) in [6, 6.07) is 13.7. The zero-order valence-corrected chi connectivity index (χ0v) is 14.1. The van der Waals surface area contributed by atoms with Gasteiger partial charge in [-0.1, -0.05) is 47.2 Å². The van der Waals surface area contributed by atoms with Crippen LogP contribution in [0.5, 0.6) is 0 Å². The molecule has 2 aromatic rings. The lowest BCUT2D eigenvalue weighted by molar-refractivity contribution is -0.123. The fraction of sp³-hybridized carbons (Fsp3) is 0.263. The van der Waals surface area contributed by atoms with E-state index in [1.54, 1.807) is 29.3 Å². The predicted molar refractivity (Wildman–Crippen MR) is 92.8 cm³/mol. The van der Waals surface area contributed by atoms with E-state index in [-0.39, 0.29) is 11.8 Å². The average molecular weight is 334 g/mol. The molecular weight excluding hydrogens is 316 g/mol. The highest BCUT2D eigenvalue weighted by atomic mass is 16.2. The maximum atomic E-state index is 12.9. The van der Waals surface area contributed by atoms with Gasteiger partial charge >= 0.3 is 0 Å². The molecular formula is C19H18N4O2. The Morgan fingerprint density at radius 3 is 2.52 bits per heavy atom. The number of hydrogen-bond donors (Lipinski definition) is 0. The second-order valence-corrected chi connectivity index (χ2v) is 6.47. The number of carbonyl (C=O) groups excluding carboxylic acids is 2. The van der Waals surface area contributed by atoms with Gasteiger partial charge in [0.15, 0.2) is 12.1 Å². The van der Waals surface area contributed by atoms with Gasteiger partial charge < -0.3 is 0 Å². The second-order valence-electron chi connectivity index (χ2n) is 6.47. The number of hydrogen-bond acceptors (Lipinski definition) is 5. The molecule has 2 aliphatic rings. The van der Waals surface area contributed by atoms with Crippen LogP contribution >= 0.6 is 0 Å². The van der Waals surface area contributed by atoms with Crippen molar-refractivity contribution in [1.29, 1.82) is 0 Å². The molecule has 0 N–H and O–H groups in total. The Kier molecular flexibility index (Phi) is 3.60. The minimum Gasteiger partial charge on any atom is -0.271 e. The summed E-state index contributed by atoms with van der Waals surface area (Å²) in [6.45, 7) is 4.51. The third-order valence-electron chi connectivity index (χ3n) is 4.71. The number of benzene rings is 2. The number of rotatable bonds is 3. The van der Waals surface area contributed by atoms with Crippen LogP contribution in [0.25, 0.3) is 0 Å². The largest absolute Gasteiger partial charge is 0.271 e. The fourth-order valence-corrected chi connectivity index (χ4v) is 3.33. The van der Waals surface area contributed by atoms with Gasteiger partial charge in [0.1, 0.15) is 0 Å². The van der Waals surface area contributed by atoms with Crippen molar-refractivity contribution in [3.63, 3.8) is 0 Å². The molecule has 0 spiro atoms. The molecule has 0 aromatic heterocycles. The zero-order chi connectivity index (χ0) is 17.6. The Morgan fingerprint density at radius 1 is 1.00 bits per heavy atom. The van der Waals surface area contributed by atoms with Crippen molar-refractivity contribution >= 4 is 17.5 Å². The van der Waals surface area contributed by atoms with Gasteiger partial charge in [0, 0.05) is 0 Å². The SMILES string of the molecule is Cc1ccc(C)c(CN2N=N[C@@H]3C(=O)N(c4ccccc4)C(=O)[C@@H]32)c1. The molecule has 4 rings (SSSR count). The summed E-state index contributed by atoms with van der Waals surface area (Å²) in [5.41, 5.74) is 3.93. The predicted octanol–water partition coefficient (Wildman–Crippen LogP) is 2.80. The highest BCUT2D eigenvalue weighted by Crippen LogP contribution is 2.32. The van der Waals surface area contributed by atoms with E-state index in [4.69, 9.17) is 0 Å². The maximum Gasteiger partial charge on any atom is 0.263 e. The molecule has 2 heterocycles. The van der Waals surface area contributed by atoms with Crippen molar-refractivity contribution < 1.29 is 9.59 Å². The number of nitrogens with zero attached hydrogens (tertiary/aromatic N) is 4. The molecule has 2 aromatic carbocycles. The first-order valence-corrected chi connectivity index (χ1v) is 8.22. The molecule has 2 amide bonds. The van der Waals surface area contributed by atoms with E-state index in [0.29, 0.717) is 12.2 Å². The molecule has 0 saturated carbocycles. The van der Waals surface area contributed by atoms with Crippen LogP contribution in [-0.2, 0) is 16.1 Å². The normalized spacial score (nSPS) is 22.0. The van der Waals surface area contributed by atoms with Crippen LogP contribution in [0.4, 0.5) is 5.69 Å². The smallest absolute Gasteiger partial charge is 0.263 e. The zero-order valence-electron chi connectivity index (χ0n) is 14.1. The van der Waals surface area contributed by atoms with Crippen molar-refractivity contribution in [2.24, 2.45) is 10.3 Å². The summed E-state index contributed by atoms with van der Waals surface area (Å²) >= 11 is 0. The van der Waals surface area contributed by atoms with E-state index >= 15 is 0 Å². The molecule has 126 valence electrons. The van der Waals surface area contributed by atoms with Crippen LogP contribution in [0, 0.1) is 13.8 Å². The lowest BCUT2D eigenvalue weighted by Crippen LogP contribution is -2.39. The number of fused-ring (bicyclic) bond motifs is 1. The maximum absolute atomic E-state index is 12.9. The van der Waals surface area contributed by atoms with Crippen molar-refractivity contribution in [2.45, 2.75) is 32.5 Å². The van der Waals surface area contributed by atoms with Gasteiger partial charge in [-0.05, 0) is 37.1 Å². The number of carbonyl (C=O) groups is 2. The highest BCUT2D eigenvalue weighted by molar-refractivity contribution is 6.25. The van der Waals surface area contributed by atoms with E-state index in [9.17, 15) is 9.59 Å². The van der Waals surface area contributed by atoms with Crippen molar-refractivity contribution in [3.8, 4) is 0 Å². The van der Waals surface area contributed by atoms with Crippen LogP contribution in [0.2, 0.25) is 0 Å². The Hall–Kier alpha value is -3.02. The Bertz CT molecular complexity index is 878. The van der Waals surface area contributed by atoms with E-state index in [0.717, 1.165) is 16.7 Å². The third-order valence-corrected chi connectivity index (χ3v) is 4.71. The molecule has 0 aliphatic carbocycles. The lowest BCUT2D eigenvalue weighted by Gasteiger charge is -2.21. The van der Waals surface area contributed by atoms with Gasteiger partial charge in [-0.25, -0.2) is 4.90 Å². The van der Waals surface area contributed by atoms with Crippen LogP contribution in [-0.4, -0.2) is 28.9 Å². The topological polar surface area (TPSA) is 65.3 Å². The number of amides is 2. The first-order chi connectivity index (χ1) is 12.1. The van der Waals surface area contributed by atoms with Gasteiger partial charge in [0.25, 0.3) is 11.8 Å². The van der Waals surface area contributed by atoms with E-state index < -0.39 is 12.1 Å². The first-order valence-electron chi connectivity index (χ1n) is 8.22. The Morgan fingerprint density at radius 2 is 1.76 bits per heavy atom. The Labute approximate surface area is 145 Å². The summed E-state index contributed by atoms with van der Waals surface area (Å²) in [6.07, 6.45) is 0. The summed E-state index contributed by atoms with van der Waals surface area (Å²) in [4.78, 5) is 26.8. The van der Waals surface area contributed by atoms with Crippen LogP contribution in [0.3, 0.4) is 0 Å². The van der Waals surface area contributed by atoms with Crippen molar-refractivity contribution in [3.05, 3.63) is 65.2 Å². The van der Waals surface area contributed by atoms with Crippen LogP contribution < -0.4 is 4.90 Å². The molecule has 1 fully saturated rings. The molecule has 6 heteroatoms. The van der Waals surface area contributed by atoms with E-state index in [1.165, 1.54) is 4.90 Å². The molecule has 0 radical (unpaired) electrons. The monoisotopic (exact) mass is 334 g/mol. The first kappa shape index (κ1) is 15.5. The minimum atomic E-state index is -0.752. The minimum absolute atomic E-state index is 0.267. The third kappa shape index (κ3) is 2.50. The molecule has 25 heavy (non-hydrogen) atoms. The summed E-state index contributed by atoms with van der Waals surface area (Å²) in [5.74, 6) is -0.579. The molecule has 0 unspecified atom stereocenters. The quantitative estimate of drug-likeness (QED) is 0.811. The molecule has 0 bridgehead atoms. The van der Waals surface area contributed by atoms with E-state index in [1.807, 2.05) is 26.0 Å². The van der Waals surface area contributed by atoms with Gasteiger partial charge in [-0.15, -0.1) is 0 Å². The van der Waals surface area contributed by atoms with Gasteiger partial charge in [-0.3, -0.25) is 14.6 Å². The summed E-state index contributed by atoms with van der Waals surface area (Å²) in [7, 11) is 0. The van der Waals surface area contributed by atoms with Crippen LogP contribution in [0.1, 0.15) is 16.7 Å². The molecule has 2 atom stereocenters. The number of imide groups is 1. The average Bonchev–Trinajstić information content (AvgIpc) is 3.12. The fourth-order valence-electron chi connectivity index (χ4n) is 3.33. The molecule has 6 nitrogen and oxygen atoms in total. The standard InChI is InChI=1S/C19H18N4O2/c1-12-8-9-13(2)14(10-12)11-22-17-16(20-21-22)18(24)23(19(17)25)15-6-4-3-5-7-15/h3-10,16-17H,11H2,1-2H3/t16-,17+/m0/s1. The van der Waals surface area contributed by atoms with Gasteiger partial charge in [0.2, 0.25) is 0 Å². The van der Waals surface area contributed by atoms with E-state index in [2.05, 4.69) is 22.5 Å². The summed E-state index contributed by atoms with van der Waals surface area (Å²) < 4.78 is 0. The van der Waals surface area contributed by atoms with Crippen molar-refractivity contribution in [1.82, 2.24) is 5.01 Å². The van der Waals surface area contributed by atoms with Gasteiger partial charge in [-0.2, -0.15) is 5.11 Å². The van der Waals surface area contributed by atoms with Crippen LogP contribution in [0.15, 0.2) is 58.9 Å².